The van der Waals surface area contributed by atoms with E-state index < -0.39 is 39.6 Å². The van der Waals surface area contributed by atoms with Gasteiger partial charge in [-0.25, -0.2) is 13.4 Å². The molecule has 0 N–H and O–H groups in total. The summed E-state index contributed by atoms with van der Waals surface area (Å²) in [5.74, 6) is -1.44. The number of carbonyl (C=O) groups is 3. The van der Waals surface area contributed by atoms with Gasteiger partial charge in [0.15, 0.2) is 9.84 Å². The SMILES string of the molecule is CC(C)C[C@H](C(=O)N([C@H]1CCS(=O)(=O)C1)N(C)C)N1C(=O)c2ccccc2C1=O. The van der Waals surface area contributed by atoms with Gasteiger partial charge < -0.3 is 0 Å². The maximum Gasteiger partial charge on any atom is 0.262 e. The number of benzene rings is 1. The Kier molecular flexibility index (Phi) is 5.82. The van der Waals surface area contributed by atoms with Gasteiger partial charge in [0.1, 0.15) is 6.04 Å². The topological polar surface area (TPSA) is 95.1 Å². The molecule has 158 valence electrons. The summed E-state index contributed by atoms with van der Waals surface area (Å²) in [6.07, 6.45) is 0.636. The van der Waals surface area contributed by atoms with Crippen molar-refractivity contribution in [1.29, 1.82) is 0 Å². The van der Waals surface area contributed by atoms with Gasteiger partial charge in [0.05, 0.1) is 28.7 Å². The molecule has 3 rings (SSSR count). The summed E-state index contributed by atoms with van der Waals surface area (Å²) in [5.41, 5.74) is 0.581. The molecule has 0 unspecified atom stereocenters. The van der Waals surface area contributed by atoms with Gasteiger partial charge in [0.25, 0.3) is 17.7 Å². The van der Waals surface area contributed by atoms with Crippen molar-refractivity contribution in [2.24, 2.45) is 5.92 Å². The number of rotatable bonds is 6. The minimum absolute atomic E-state index is 0.0250. The third kappa shape index (κ3) is 4.06. The second-order valence-electron chi connectivity index (χ2n) is 8.26. The Morgan fingerprint density at radius 1 is 1.14 bits per heavy atom. The molecule has 2 aliphatic rings. The van der Waals surface area contributed by atoms with Crippen molar-refractivity contribution in [3.63, 3.8) is 0 Å². The van der Waals surface area contributed by atoms with Crippen molar-refractivity contribution < 1.29 is 22.8 Å². The number of carbonyl (C=O) groups excluding carboxylic acids is 3. The molecule has 29 heavy (non-hydrogen) atoms. The quantitative estimate of drug-likeness (QED) is 0.506. The lowest BCUT2D eigenvalue weighted by molar-refractivity contribution is -0.154. The van der Waals surface area contributed by atoms with Crippen LogP contribution in [0.15, 0.2) is 24.3 Å². The maximum absolute atomic E-state index is 13.6. The monoisotopic (exact) mass is 421 g/mol. The van der Waals surface area contributed by atoms with Crippen LogP contribution in [0.1, 0.15) is 47.4 Å². The number of sulfone groups is 1. The molecule has 1 aromatic rings. The van der Waals surface area contributed by atoms with E-state index in [4.69, 9.17) is 0 Å². The van der Waals surface area contributed by atoms with Crippen molar-refractivity contribution >= 4 is 27.6 Å². The van der Waals surface area contributed by atoms with Gasteiger partial charge in [-0.1, -0.05) is 26.0 Å². The van der Waals surface area contributed by atoms with Gasteiger partial charge in [-0.15, -0.1) is 0 Å². The van der Waals surface area contributed by atoms with E-state index in [1.54, 1.807) is 43.4 Å². The molecule has 0 bridgehead atoms. The van der Waals surface area contributed by atoms with E-state index in [0.29, 0.717) is 24.0 Å². The number of amides is 3. The lowest BCUT2D eigenvalue weighted by atomic mass is 10.0. The van der Waals surface area contributed by atoms with Crippen LogP contribution in [0.4, 0.5) is 0 Å². The maximum atomic E-state index is 13.6. The van der Waals surface area contributed by atoms with Gasteiger partial charge in [0, 0.05) is 14.1 Å². The van der Waals surface area contributed by atoms with E-state index in [-0.39, 0.29) is 17.4 Å². The summed E-state index contributed by atoms with van der Waals surface area (Å²) >= 11 is 0. The Bertz CT molecular complexity index is 906. The van der Waals surface area contributed by atoms with Crippen LogP contribution in [-0.4, -0.2) is 78.7 Å². The van der Waals surface area contributed by atoms with Gasteiger partial charge >= 0.3 is 0 Å². The van der Waals surface area contributed by atoms with Crippen LogP contribution in [0.25, 0.3) is 0 Å². The fourth-order valence-corrected chi connectivity index (χ4v) is 5.77. The van der Waals surface area contributed by atoms with E-state index in [2.05, 4.69) is 0 Å². The lowest BCUT2D eigenvalue weighted by Gasteiger charge is -2.38. The largest absolute Gasteiger partial charge is 0.271 e. The first-order valence-electron chi connectivity index (χ1n) is 9.71. The number of imide groups is 1. The molecule has 0 radical (unpaired) electrons. The lowest BCUT2D eigenvalue weighted by Crippen LogP contribution is -2.58. The van der Waals surface area contributed by atoms with E-state index in [9.17, 15) is 22.8 Å². The summed E-state index contributed by atoms with van der Waals surface area (Å²) < 4.78 is 23.9. The van der Waals surface area contributed by atoms with Gasteiger partial charge in [-0.05, 0) is 30.9 Å². The molecule has 8 nitrogen and oxygen atoms in total. The highest BCUT2D eigenvalue weighted by Gasteiger charge is 2.46. The van der Waals surface area contributed by atoms with Crippen LogP contribution in [0.2, 0.25) is 0 Å². The molecule has 2 heterocycles. The van der Waals surface area contributed by atoms with E-state index in [1.807, 2.05) is 13.8 Å². The molecule has 1 fully saturated rings. The van der Waals surface area contributed by atoms with Crippen molar-refractivity contribution in [1.82, 2.24) is 14.9 Å². The first kappa shape index (κ1) is 21.4. The number of fused-ring (bicyclic) bond motifs is 1. The Labute approximate surface area is 171 Å². The zero-order valence-electron chi connectivity index (χ0n) is 17.2. The minimum Gasteiger partial charge on any atom is -0.271 e. The first-order valence-corrected chi connectivity index (χ1v) is 11.5. The molecule has 2 aliphatic heterocycles. The molecule has 0 aromatic heterocycles. The standard InChI is InChI=1S/C20H27N3O5S/c1-13(2)11-17(22-18(24)15-7-5-6-8-16(15)19(22)25)20(26)23(21(3)4)14-9-10-29(27,28)12-14/h5-8,13-14,17H,9-12H2,1-4H3/t14-,17+/m0/s1. The number of hydrogen-bond acceptors (Lipinski definition) is 6. The molecule has 0 spiro atoms. The summed E-state index contributed by atoms with van der Waals surface area (Å²) in [5, 5.41) is 2.96. The predicted molar refractivity (Wildman–Crippen MR) is 108 cm³/mol. The fraction of sp³-hybridized carbons (Fsp3) is 0.550. The number of nitrogens with zero attached hydrogens (tertiary/aromatic N) is 3. The molecular weight excluding hydrogens is 394 g/mol. The summed E-state index contributed by atoms with van der Waals surface area (Å²) in [6.45, 7) is 3.83. The van der Waals surface area contributed by atoms with Gasteiger partial charge in [-0.2, -0.15) is 0 Å². The van der Waals surface area contributed by atoms with Crippen molar-refractivity contribution in [2.45, 2.75) is 38.8 Å². The average molecular weight is 422 g/mol. The minimum atomic E-state index is -3.21. The summed E-state index contributed by atoms with van der Waals surface area (Å²) in [7, 11) is 0.120. The average Bonchev–Trinajstić information content (AvgIpc) is 3.10. The molecule has 0 saturated carbocycles. The molecular formula is C20H27N3O5S. The molecule has 9 heteroatoms. The number of hydrogen-bond donors (Lipinski definition) is 0. The van der Waals surface area contributed by atoms with Crippen molar-refractivity contribution in [3.8, 4) is 0 Å². The first-order chi connectivity index (χ1) is 13.5. The highest BCUT2D eigenvalue weighted by Crippen LogP contribution is 2.29. The van der Waals surface area contributed by atoms with Crippen LogP contribution in [0, 0.1) is 5.92 Å². The third-order valence-corrected chi connectivity index (χ3v) is 7.08. The second kappa shape index (κ2) is 7.87. The fourth-order valence-electron chi connectivity index (χ4n) is 4.08. The molecule has 1 aromatic carbocycles. The van der Waals surface area contributed by atoms with Gasteiger partial charge in [-0.3, -0.25) is 24.3 Å². The summed E-state index contributed by atoms with van der Waals surface area (Å²) in [4.78, 5) is 40.6. The Balaban J connectivity index is 1.97. The molecule has 1 saturated heterocycles. The summed E-state index contributed by atoms with van der Waals surface area (Å²) in [6, 6.07) is 5.03. The highest BCUT2D eigenvalue weighted by molar-refractivity contribution is 7.91. The van der Waals surface area contributed by atoms with Crippen LogP contribution in [0.5, 0.6) is 0 Å². The zero-order chi connectivity index (χ0) is 21.5. The second-order valence-corrected chi connectivity index (χ2v) is 10.5. The molecule has 0 aliphatic carbocycles. The smallest absolute Gasteiger partial charge is 0.262 e. The highest BCUT2D eigenvalue weighted by atomic mass is 32.2. The Morgan fingerprint density at radius 3 is 2.10 bits per heavy atom. The number of hydrazine groups is 1. The molecule has 2 atom stereocenters. The van der Waals surface area contributed by atoms with Crippen LogP contribution < -0.4 is 0 Å². The van der Waals surface area contributed by atoms with Crippen LogP contribution in [-0.2, 0) is 14.6 Å². The Hall–Kier alpha value is -2.26. The van der Waals surface area contributed by atoms with Crippen molar-refractivity contribution in [2.75, 3.05) is 25.6 Å². The van der Waals surface area contributed by atoms with Crippen LogP contribution >= 0.6 is 0 Å². The van der Waals surface area contributed by atoms with E-state index in [1.165, 1.54) is 5.01 Å². The normalized spacial score (nSPS) is 21.7. The van der Waals surface area contributed by atoms with E-state index >= 15 is 0 Å². The predicted octanol–water partition coefficient (Wildman–Crippen LogP) is 1.19. The Morgan fingerprint density at radius 2 is 1.69 bits per heavy atom. The van der Waals surface area contributed by atoms with E-state index in [0.717, 1.165) is 4.90 Å². The van der Waals surface area contributed by atoms with Crippen LogP contribution in [0.3, 0.4) is 0 Å². The van der Waals surface area contributed by atoms with Crippen molar-refractivity contribution in [3.05, 3.63) is 35.4 Å². The third-order valence-electron chi connectivity index (χ3n) is 5.33. The zero-order valence-corrected chi connectivity index (χ0v) is 18.0. The molecule has 3 amide bonds. The van der Waals surface area contributed by atoms with Gasteiger partial charge in [0.2, 0.25) is 0 Å².